The summed E-state index contributed by atoms with van der Waals surface area (Å²) in [5.41, 5.74) is 0.732. The van der Waals surface area contributed by atoms with Gasteiger partial charge >= 0.3 is 0 Å². The highest BCUT2D eigenvalue weighted by Gasteiger charge is 2.05. The Kier molecular flexibility index (Phi) is 3.97. The maximum absolute atomic E-state index is 13.3. The van der Waals surface area contributed by atoms with E-state index in [-0.39, 0.29) is 5.69 Å². The number of rotatable bonds is 3. The largest absolute Gasteiger partial charge is 0.320 e. The molecule has 0 bridgehead atoms. The number of aromatic nitrogens is 1. The lowest BCUT2D eigenvalue weighted by atomic mass is 10.2. The van der Waals surface area contributed by atoms with Crippen molar-refractivity contribution in [3.63, 3.8) is 0 Å². The smallest absolute Gasteiger partial charge is 0.248 e. The molecule has 19 heavy (non-hydrogen) atoms. The predicted molar refractivity (Wildman–Crippen MR) is 68.3 cm³/mol. The van der Waals surface area contributed by atoms with Gasteiger partial charge in [0.15, 0.2) is 0 Å². The molecule has 1 aromatic carbocycles. The Morgan fingerprint density at radius 1 is 1.16 bits per heavy atom. The second kappa shape index (κ2) is 5.86. The third kappa shape index (κ3) is 3.70. The third-order valence-corrected chi connectivity index (χ3v) is 2.32. The van der Waals surface area contributed by atoms with E-state index < -0.39 is 17.5 Å². The number of hydrogen-bond acceptors (Lipinski definition) is 2. The van der Waals surface area contributed by atoms with Crippen molar-refractivity contribution in [2.75, 3.05) is 5.32 Å². The molecule has 1 aromatic heterocycles. The van der Waals surface area contributed by atoms with E-state index in [1.165, 1.54) is 12.1 Å². The molecule has 0 fully saturated rings. The van der Waals surface area contributed by atoms with Crippen LogP contribution in [-0.2, 0) is 4.79 Å². The van der Waals surface area contributed by atoms with E-state index in [1.807, 2.05) is 0 Å². The molecule has 0 aliphatic rings. The van der Waals surface area contributed by atoms with Crippen LogP contribution in [0.15, 0.2) is 48.8 Å². The minimum atomic E-state index is -0.814. The first-order valence-electron chi connectivity index (χ1n) is 5.49. The van der Waals surface area contributed by atoms with Crippen LogP contribution in [0.1, 0.15) is 5.56 Å². The van der Waals surface area contributed by atoms with Crippen molar-refractivity contribution in [1.82, 2.24) is 4.98 Å². The fourth-order valence-electron chi connectivity index (χ4n) is 1.41. The molecular weight excluding hydrogens is 250 g/mol. The summed E-state index contributed by atoms with van der Waals surface area (Å²) in [5, 5.41) is 2.32. The average molecular weight is 260 g/mol. The summed E-state index contributed by atoms with van der Waals surface area (Å²) in [5.74, 6) is -2.00. The van der Waals surface area contributed by atoms with Gasteiger partial charge in [0.05, 0.1) is 5.69 Å². The fourth-order valence-corrected chi connectivity index (χ4v) is 1.41. The molecule has 5 heteroatoms. The number of carbonyl (C=O) groups excluding carboxylic acids is 1. The monoisotopic (exact) mass is 260 g/mol. The number of pyridine rings is 1. The molecule has 0 aliphatic heterocycles. The van der Waals surface area contributed by atoms with E-state index in [1.54, 1.807) is 30.6 Å². The zero-order valence-electron chi connectivity index (χ0n) is 9.81. The topological polar surface area (TPSA) is 42.0 Å². The Bertz CT molecular complexity index is 612. The summed E-state index contributed by atoms with van der Waals surface area (Å²) in [4.78, 5) is 15.4. The van der Waals surface area contributed by atoms with Crippen molar-refractivity contribution < 1.29 is 13.6 Å². The second-order valence-corrected chi connectivity index (χ2v) is 3.73. The van der Waals surface area contributed by atoms with Crippen LogP contribution in [0.25, 0.3) is 6.08 Å². The van der Waals surface area contributed by atoms with Gasteiger partial charge in [0.25, 0.3) is 0 Å². The molecule has 0 spiro atoms. The van der Waals surface area contributed by atoms with Crippen LogP contribution >= 0.6 is 0 Å². The Morgan fingerprint density at radius 2 is 1.89 bits per heavy atom. The molecule has 1 amide bonds. The standard InChI is InChI=1S/C14H10F2N2O/c15-11-2-3-13(12(16)9-11)18-14(19)4-1-10-5-7-17-8-6-10/h1-9H,(H,18,19). The number of halogens is 2. The van der Waals surface area contributed by atoms with Gasteiger partial charge in [0, 0.05) is 24.5 Å². The van der Waals surface area contributed by atoms with Crippen LogP contribution in [0.3, 0.4) is 0 Å². The molecule has 3 nitrogen and oxygen atoms in total. The molecule has 0 aliphatic carbocycles. The molecule has 0 saturated carbocycles. The first-order chi connectivity index (χ1) is 9.15. The Hall–Kier alpha value is -2.56. The van der Waals surface area contributed by atoms with Gasteiger partial charge in [0.2, 0.25) is 5.91 Å². The zero-order valence-corrected chi connectivity index (χ0v) is 9.81. The summed E-state index contributed by atoms with van der Waals surface area (Å²) in [6.07, 6.45) is 6.02. The van der Waals surface area contributed by atoms with Gasteiger partial charge in [-0.15, -0.1) is 0 Å². The summed E-state index contributed by atoms with van der Waals surface area (Å²) >= 11 is 0. The molecule has 96 valence electrons. The van der Waals surface area contributed by atoms with Crippen LogP contribution in [0.4, 0.5) is 14.5 Å². The molecule has 0 radical (unpaired) electrons. The SMILES string of the molecule is O=C(C=Cc1ccncc1)Nc1ccc(F)cc1F. The van der Waals surface area contributed by atoms with E-state index >= 15 is 0 Å². The summed E-state index contributed by atoms with van der Waals surface area (Å²) < 4.78 is 26.0. The van der Waals surface area contributed by atoms with Crippen molar-refractivity contribution in [2.24, 2.45) is 0 Å². The molecule has 1 N–H and O–H groups in total. The number of anilines is 1. The fraction of sp³-hybridized carbons (Fsp3) is 0. The first kappa shape index (κ1) is 12.9. The highest BCUT2D eigenvalue weighted by atomic mass is 19.1. The van der Waals surface area contributed by atoms with Crippen LogP contribution in [0.2, 0.25) is 0 Å². The number of carbonyl (C=O) groups is 1. The van der Waals surface area contributed by atoms with Gasteiger partial charge in [-0.2, -0.15) is 0 Å². The normalized spacial score (nSPS) is 10.6. The van der Waals surface area contributed by atoms with E-state index in [4.69, 9.17) is 0 Å². The Labute approximate surface area is 108 Å². The van der Waals surface area contributed by atoms with Crippen LogP contribution < -0.4 is 5.32 Å². The molecule has 2 rings (SSSR count). The summed E-state index contributed by atoms with van der Waals surface area (Å²) in [7, 11) is 0. The third-order valence-electron chi connectivity index (χ3n) is 2.32. The minimum Gasteiger partial charge on any atom is -0.320 e. The number of nitrogens with one attached hydrogen (secondary N) is 1. The van der Waals surface area contributed by atoms with Crippen LogP contribution in [0, 0.1) is 11.6 Å². The van der Waals surface area contributed by atoms with Crippen molar-refractivity contribution in [1.29, 1.82) is 0 Å². The van der Waals surface area contributed by atoms with Gasteiger partial charge in [-0.1, -0.05) is 0 Å². The Balaban J connectivity index is 2.04. The van der Waals surface area contributed by atoms with Crippen molar-refractivity contribution >= 4 is 17.7 Å². The molecule has 2 aromatic rings. The highest BCUT2D eigenvalue weighted by molar-refractivity contribution is 6.01. The van der Waals surface area contributed by atoms with Gasteiger partial charge < -0.3 is 5.32 Å². The molecular formula is C14H10F2N2O. The number of amides is 1. The van der Waals surface area contributed by atoms with Gasteiger partial charge in [-0.3, -0.25) is 9.78 Å². The van der Waals surface area contributed by atoms with Crippen LogP contribution in [-0.4, -0.2) is 10.9 Å². The van der Waals surface area contributed by atoms with Crippen LogP contribution in [0.5, 0.6) is 0 Å². The van der Waals surface area contributed by atoms with Crippen molar-refractivity contribution in [3.05, 3.63) is 66.0 Å². The van der Waals surface area contributed by atoms with Crippen molar-refractivity contribution in [3.8, 4) is 0 Å². The van der Waals surface area contributed by atoms with Gasteiger partial charge in [-0.25, -0.2) is 8.78 Å². The summed E-state index contributed by atoms with van der Waals surface area (Å²) in [6, 6.07) is 6.40. The zero-order chi connectivity index (χ0) is 13.7. The lowest BCUT2D eigenvalue weighted by Gasteiger charge is -2.03. The number of benzene rings is 1. The molecule has 0 atom stereocenters. The van der Waals surface area contributed by atoms with E-state index in [2.05, 4.69) is 10.3 Å². The number of nitrogens with zero attached hydrogens (tertiary/aromatic N) is 1. The summed E-state index contributed by atoms with van der Waals surface area (Å²) in [6.45, 7) is 0. The lowest BCUT2D eigenvalue weighted by molar-refractivity contribution is -0.111. The average Bonchev–Trinajstić information content (AvgIpc) is 2.41. The Morgan fingerprint density at radius 3 is 2.58 bits per heavy atom. The maximum atomic E-state index is 13.3. The second-order valence-electron chi connectivity index (χ2n) is 3.73. The molecule has 0 unspecified atom stereocenters. The molecule has 1 heterocycles. The molecule has 0 saturated heterocycles. The van der Waals surface area contributed by atoms with Gasteiger partial charge in [0.1, 0.15) is 11.6 Å². The predicted octanol–water partition coefficient (Wildman–Crippen LogP) is 3.01. The lowest BCUT2D eigenvalue weighted by Crippen LogP contribution is -2.09. The van der Waals surface area contributed by atoms with E-state index in [0.29, 0.717) is 6.07 Å². The first-order valence-corrected chi connectivity index (χ1v) is 5.49. The maximum Gasteiger partial charge on any atom is 0.248 e. The van der Waals surface area contributed by atoms with E-state index in [0.717, 1.165) is 11.6 Å². The van der Waals surface area contributed by atoms with Gasteiger partial charge in [-0.05, 0) is 35.9 Å². The number of hydrogen-bond donors (Lipinski definition) is 1. The minimum absolute atomic E-state index is 0.0641. The quantitative estimate of drug-likeness (QED) is 0.862. The highest BCUT2D eigenvalue weighted by Crippen LogP contribution is 2.14. The van der Waals surface area contributed by atoms with E-state index in [9.17, 15) is 13.6 Å². The van der Waals surface area contributed by atoms with Crippen molar-refractivity contribution in [2.45, 2.75) is 0 Å².